The Kier molecular flexibility index (Phi) is 22.4. The summed E-state index contributed by atoms with van der Waals surface area (Å²) in [5.41, 5.74) is -0.103. The minimum Gasteiger partial charge on any atom is -0.453 e. The van der Waals surface area contributed by atoms with Gasteiger partial charge in [-0.25, -0.2) is 9.59 Å². The van der Waals surface area contributed by atoms with Gasteiger partial charge >= 0.3 is 12.1 Å². The molecule has 18 N–H and O–H groups in total. The van der Waals surface area contributed by atoms with Gasteiger partial charge in [0.2, 0.25) is 0 Å². The van der Waals surface area contributed by atoms with Gasteiger partial charge in [-0.1, -0.05) is 12.1 Å². The molecule has 30 atom stereocenters. The highest BCUT2D eigenvalue weighted by Gasteiger charge is 2.59. The molecule has 22 aliphatic rings. The van der Waals surface area contributed by atoms with Gasteiger partial charge in [-0.05, 0) is 44.5 Å². The Morgan fingerprint density at radius 1 is 0.417 bits per heavy atom. The van der Waals surface area contributed by atoms with Crippen molar-refractivity contribution < 1.29 is 163 Å². The van der Waals surface area contributed by atoms with Crippen LogP contribution in [0.2, 0.25) is 0 Å². The van der Waals surface area contributed by atoms with Crippen molar-refractivity contribution in [3.63, 3.8) is 0 Å². The van der Waals surface area contributed by atoms with Crippen LogP contribution in [-0.4, -0.2) is 328 Å². The number of nitrogens with one attached hydrogen (secondary N) is 1. The first-order chi connectivity index (χ1) is 39.8. The van der Waals surface area contributed by atoms with E-state index in [1.165, 1.54) is 30.3 Å². The van der Waals surface area contributed by atoms with E-state index in [1.54, 1.807) is 20.8 Å². The topological polar surface area (TPSA) is 519 Å². The molecule has 1 aromatic rings. The predicted octanol–water partition coefficient (Wildman–Crippen LogP) is -9.44. The fraction of sp³-hybridized carbons (Fsp3) is 0.800. The number of hydrogen-bond donors (Lipinski definition) is 18. The molecule has 22 fully saturated rings. The van der Waals surface area contributed by atoms with E-state index in [9.17, 15) is 96.4 Å². The van der Waals surface area contributed by atoms with E-state index in [4.69, 9.17) is 66.3 Å². The summed E-state index contributed by atoms with van der Waals surface area (Å²) in [7, 11) is 0. The normalized spacial score (nSPS) is 46.1. The fourth-order valence-electron chi connectivity index (χ4n) is 10.5. The molecule has 478 valence electrons. The average molecular weight is 1220 g/mol. The van der Waals surface area contributed by atoms with E-state index in [-0.39, 0.29) is 0 Å². The highest BCUT2D eigenvalue weighted by molar-refractivity contribution is 5.88. The molecule has 23 rings (SSSR count). The summed E-state index contributed by atoms with van der Waals surface area (Å²) in [5.74, 6) is -1.22. The molecular weight excluding hydrogens is 1140 g/mol. The molecular formula is C50H75NO33. The Balaban J connectivity index is 1.10. The quantitative estimate of drug-likeness (QED) is 0.0764. The van der Waals surface area contributed by atoms with Crippen molar-refractivity contribution in [2.45, 2.75) is 211 Å². The van der Waals surface area contributed by atoms with Gasteiger partial charge in [0.15, 0.2) is 43.8 Å². The number of benzene rings is 1. The smallest absolute Gasteiger partial charge is 0.412 e. The molecule has 0 spiro atoms. The van der Waals surface area contributed by atoms with Gasteiger partial charge in [0.25, 0.3) is 0 Å². The first kappa shape index (κ1) is 66.5. The highest BCUT2D eigenvalue weighted by atomic mass is 16.8. The monoisotopic (exact) mass is 1220 g/mol. The van der Waals surface area contributed by atoms with Gasteiger partial charge in [0.05, 0.1) is 39.6 Å². The lowest BCUT2D eigenvalue weighted by Gasteiger charge is -2.51. The molecule has 0 saturated carbocycles. The van der Waals surface area contributed by atoms with E-state index in [0.29, 0.717) is 11.3 Å². The van der Waals surface area contributed by atoms with Crippen LogP contribution < -0.4 is 5.32 Å². The average Bonchev–Trinajstić information content (AvgIpc) is 1.70. The van der Waals surface area contributed by atoms with E-state index >= 15 is 0 Å². The maximum atomic E-state index is 13.7. The van der Waals surface area contributed by atoms with Crippen molar-refractivity contribution in [3.8, 4) is 0 Å². The molecule has 22 saturated heterocycles. The lowest BCUT2D eigenvalue weighted by molar-refractivity contribution is -0.404. The molecule has 0 unspecified atom stereocenters. The van der Waals surface area contributed by atoms with Crippen LogP contribution in [0.3, 0.4) is 0 Å². The molecule has 12 bridgehead atoms. The van der Waals surface area contributed by atoms with Crippen molar-refractivity contribution in [2.75, 3.05) is 45.0 Å². The summed E-state index contributed by atoms with van der Waals surface area (Å²) >= 11 is 0. The minimum absolute atomic E-state index is 0.322. The number of carbonyl (C=O) groups is 2. The standard InChI is InChI=1S/C50H75NO33/c1-50(2,3)84-49(70)51-17-7-4-16(5-8-17)6-9-24(58)77-42-35(69)48-76-23(15-57)41(42)83-47-34(68)29(63)39(21(13-55)75-47)81-45-32(66)27(61)37(19(11-53)73-45)79-43-30(64)25(59)36(18(10-52)71-43)78-44-31(65)26(60)38(20(12-54)72-44)80-46-33(67)28(62)40(82-48)22(14-56)74-46/h4-9,18-23,25-48,52-57,59-69H,10-15H2,1-3H3,(H,51,70)/b9-6+/t18-,19-,20-,21-,22-,23-,25-,26-,27-,28-,29-,30-,31-,32-,33-,34-,35-,36-,37-,38-,39-,40-,41-,42-,43-,44-,45-,46-,47-,48-/m1/s1. The molecule has 22 aliphatic heterocycles. The van der Waals surface area contributed by atoms with Crippen LogP contribution in [0.15, 0.2) is 30.3 Å². The van der Waals surface area contributed by atoms with Crippen LogP contribution >= 0.6 is 0 Å². The van der Waals surface area contributed by atoms with Gasteiger partial charge in [-0.15, -0.1) is 0 Å². The van der Waals surface area contributed by atoms with Crippen LogP contribution in [0.25, 0.3) is 6.08 Å². The minimum atomic E-state index is -2.28. The van der Waals surface area contributed by atoms with Crippen LogP contribution in [0.1, 0.15) is 26.3 Å². The number of carbonyl (C=O) groups excluding carboxylic acids is 2. The third-order valence-electron chi connectivity index (χ3n) is 14.9. The number of amides is 1. The van der Waals surface area contributed by atoms with Gasteiger partial charge in [-0.2, -0.15) is 0 Å². The highest BCUT2D eigenvalue weighted by Crippen LogP contribution is 2.39. The molecule has 34 nitrogen and oxygen atoms in total. The lowest BCUT2D eigenvalue weighted by Crippen LogP contribution is -2.69. The Morgan fingerprint density at radius 2 is 0.690 bits per heavy atom. The van der Waals surface area contributed by atoms with E-state index in [0.717, 1.165) is 6.08 Å². The summed E-state index contributed by atoms with van der Waals surface area (Å²) in [6, 6.07) is 5.96. The third-order valence-corrected chi connectivity index (χ3v) is 14.9. The SMILES string of the molecule is CC(C)(C)OC(=O)Nc1ccc(/C=C/C(=O)O[C@@H]2[C@@H](O)[C@H]3O[C@H]4[C@H](O)[C@@H](O)[C@@H](O[C@H]5[C@H](O)[C@@H](O)[C@@H](O[C@H]6[C@H](O)[C@@H](O)[C@@H](O[C@H]7[C@H](O)[C@@H](O)[C@@H](O[C@H]8[C@H](O)[C@@H](O)[C@@H](O[C@@H]2[C@@H](CO)O3)O[C@@H]8CO)O[C@@H]7CO)O[C@@H]6CO)O[C@@H]5CO)O[C@@H]4CO)cc1. The summed E-state index contributed by atoms with van der Waals surface area (Å²) in [5, 5.41) is 192. The number of esters is 1. The van der Waals surface area contributed by atoms with Gasteiger partial charge in [0, 0.05) is 11.8 Å². The number of aliphatic hydroxyl groups excluding tert-OH is 17. The van der Waals surface area contributed by atoms with Crippen molar-refractivity contribution >= 4 is 23.8 Å². The largest absolute Gasteiger partial charge is 0.453 e. The van der Waals surface area contributed by atoms with Crippen LogP contribution in [-0.2, 0) is 71.1 Å². The Bertz CT molecular complexity index is 2290. The third kappa shape index (κ3) is 14.5. The summed E-state index contributed by atoms with van der Waals surface area (Å²) < 4.78 is 80.5. The van der Waals surface area contributed by atoms with E-state index in [2.05, 4.69) is 5.32 Å². The van der Waals surface area contributed by atoms with E-state index in [1.807, 2.05) is 0 Å². The van der Waals surface area contributed by atoms with Gasteiger partial charge in [0.1, 0.15) is 146 Å². The van der Waals surface area contributed by atoms with Crippen molar-refractivity contribution in [2.24, 2.45) is 0 Å². The van der Waals surface area contributed by atoms with Gasteiger partial charge in [-0.3, -0.25) is 5.32 Å². The molecule has 84 heavy (non-hydrogen) atoms. The lowest BCUT2D eigenvalue weighted by atomic mass is 9.94. The number of rotatable bonds is 10. The number of anilines is 1. The molecule has 0 aliphatic carbocycles. The van der Waals surface area contributed by atoms with Crippen LogP contribution in [0.4, 0.5) is 10.5 Å². The maximum absolute atomic E-state index is 13.7. The first-order valence-corrected chi connectivity index (χ1v) is 26.8. The maximum Gasteiger partial charge on any atom is 0.412 e. The molecule has 0 aromatic heterocycles. The number of hydrogen-bond acceptors (Lipinski definition) is 33. The van der Waals surface area contributed by atoms with Crippen LogP contribution in [0.5, 0.6) is 0 Å². The van der Waals surface area contributed by atoms with Crippen molar-refractivity contribution in [1.29, 1.82) is 0 Å². The second-order valence-electron chi connectivity index (χ2n) is 21.8. The zero-order valence-corrected chi connectivity index (χ0v) is 45.2. The molecule has 1 aromatic carbocycles. The Morgan fingerprint density at radius 3 is 0.976 bits per heavy atom. The summed E-state index contributed by atoms with van der Waals surface area (Å²) in [6.07, 6.45) is -59.3. The summed E-state index contributed by atoms with van der Waals surface area (Å²) in [6.45, 7) is -1.32. The second-order valence-corrected chi connectivity index (χ2v) is 21.8. The zero-order chi connectivity index (χ0) is 61.2. The predicted molar refractivity (Wildman–Crippen MR) is 265 cm³/mol. The van der Waals surface area contributed by atoms with Crippen molar-refractivity contribution in [3.05, 3.63) is 35.9 Å². The van der Waals surface area contributed by atoms with Crippen molar-refractivity contribution in [1.82, 2.24) is 0 Å². The second kappa shape index (κ2) is 28.4. The Labute approximate surface area is 477 Å². The molecule has 0 radical (unpaired) electrons. The molecule has 22 heterocycles. The fourth-order valence-corrected chi connectivity index (χ4v) is 10.5. The summed E-state index contributed by atoms with van der Waals surface area (Å²) in [4.78, 5) is 26.0. The number of ether oxygens (including phenoxy) is 14. The van der Waals surface area contributed by atoms with Crippen LogP contribution in [0, 0.1) is 0 Å². The Hall–Kier alpha value is -3.46. The van der Waals surface area contributed by atoms with E-state index < -0.39 is 242 Å². The first-order valence-electron chi connectivity index (χ1n) is 26.8. The zero-order valence-electron chi connectivity index (χ0n) is 45.2. The molecule has 34 heteroatoms. The number of aliphatic hydroxyl groups is 17. The van der Waals surface area contributed by atoms with Gasteiger partial charge < -0.3 is 153 Å². The molecule has 1 amide bonds.